The maximum absolute atomic E-state index is 12.9. The van der Waals surface area contributed by atoms with Crippen molar-refractivity contribution < 1.29 is 18.3 Å². The van der Waals surface area contributed by atoms with Crippen molar-refractivity contribution in [3.05, 3.63) is 0 Å². The molecule has 0 aliphatic carbocycles. The summed E-state index contributed by atoms with van der Waals surface area (Å²) in [5.41, 5.74) is 0. The number of aliphatic hydroxyl groups excluding tert-OH is 1. The van der Waals surface area contributed by atoms with Crippen molar-refractivity contribution in [1.82, 2.24) is 14.7 Å². The lowest BCUT2D eigenvalue weighted by molar-refractivity contribution is -0.138. The minimum atomic E-state index is -3.11. The van der Waals surface area contributed by atoms with E-state index in [-0.39, 0.29) is 36.1 Å². The Morgan fingerprint density at radius 2 is 1.76 bits per heavy atom. The molecule has 0 bridgehead atoms. The maximum Gasteiger partial charge on any atom is 0.223 e. The molecule has 2 atom stereocenters. The van der Waals surface area contributed by atoms with Gasteiger partial charge in [0.2, 0.25) is 5.91 Å². The number of nitrogens with zero attached hydrogens (tertiary/aromatic N) is 3. The molecular weight excluding hydrogens is 342 g/mol. The molecule has 3 fully saturated rings. The molecule has 144 valence electrons. The number of carbonyl (C=O) groups is 1. The molecule has 25 heavy (non-hydrogen) atoms. The third-order valence-corrected chi connectivity index (χ3v) is 7.82. The SMILES string of the molecule is CCN1CCC(CC(=O)N2CCN(CCO)C3CS(=O)(=O)CC32)CC1. The number of piperidine rings is 1. The highest BCUT2D eigenvalue weighted by Crippen LogP contribution is 2.29. The number of carbonyl (C=O) groups excluding carboxylic acids is 1. The molecule has 3 rings (SSSR count). The van der Waals surface area contributed by atoms with Gasteiger partial charge in [-0.05, 0) is 38.4 Å². The van der Waals surface area contributed by atoms with Crippen molar-refractivity contribution >= 4 is 15.7 Å². The molecule has 3 saturated heterocycles. The van der Waals surface area contributed by atoms with E-state index in [0.29, 0.717) is 32.0 Å². The van der Waals surface area contributed by atoms with E-state index in [1.807, 2.05) is 9.80 Å². The summed E-state index contributed by atoms with van der Waals surface area (Å²) in [6, 6.07) is -0.398. The van der Waals surface area contributed by atoms with Gasteiger partial charge in [0.25, 0.3) is 0 Å². The summed E-state index contributed by atoms with van der Waals surface area (Å²) in [7, 11) is -3.11. The Bertz CT molecular complexity index is 574. The number of piperazine rings is 1. The van der Waals surface area contributed by atoms with Crippen molar-refractivity contribution in [3.63, 3.8) is 0 Å². The fourth-order valence-electron chi connectivity index (χ4n) is 4.61. The zero-order valence-corrected chi connectivity index (χ0v) is 16.0. The van der Waals surface area contributed by atoms with Crippen LogP contribution in [-0.2, 0) is 14.6 Å². The molecule has 0 spiro atoms. The van der Waals surface area contributed by atoms with Crippen LogP contribution in [0, 0.1) is 5.92 Å². The quantitative estimate of drug-likeness (QED) is 0.694. The van der Waals surface area contributed by atoms with Crippen molar-refractivity contribution in [2.45, 2.75) is 38.3 Å². The first-order valence-corrected chi connectivity index (χ1v) is 11.3. The number of hydrogen-bond donors (Lipinski definition) is 1. The summed E-state index contributed by atoms with van der Waals surface area (Å²) >= 11 is 0. The van der Waals surface area contributed by atoms with Crippen LogP contribution in [0.5, 0.6) is 0 Å². The van der Waals surface area contributed by atoms with Crippen molar-refractivity contribution in [2.24, 2.45) is 5.92 Å². The lowest BCUT2D eigenvalue weighted by atomic mass is 9.92. The van der Waals surface area contributed by atoms with Gasteiger partial charge in [-0.2, -0.15) is 0 Å². The number of aliphatic hydroxyl groups is 1. The van der Waals surface area contributed by atoms with E-state index in [9.17, 15) is 18.3 Å². The average molecular weight is 374 g/mol. The molecule has 1 amide bonds. The normalized spacial score (nSPS) is 31.2. The number of sulfone groups is 1. The Kier molecular flexibility index (Phi) is 6.03. The van der Waals surface area contributed by atoms with Gasteiger partial charge in [-0.25, -0.2) is 8.42 Å². The molecule has 2 unspecified atom stereocenters. The lowest BCUT2D eigenvalue weighted by Crippen LogP contribution is -2.61. The van der Waals surface area contributed by atoms with Gasteiger partial charge in [-0.3, -0.25) is 9.69 Å². The predicted octanol–water partition coefficient (Wildman–Crippen LogP) is -0.589. The largest absolute Gasteiger partial charge is 0.395 e. The van der Waals surface area contributed by atoms with E-state index in [1.54, 1.807) is 0 Å². The van der Waals surface area contributed by atoms with Crippen molar-refractivity contribution in [1.29, 1.82) is 0 Å². The number of fused-ring (bicyclic) bond motifs is 1. The Balaban J connectivity index is 1.63. The lowest BCUT2D eigenvalue weighted by Gasteiger charge is -2.44. The Morgan fingerprint density at radius 1 is 1.08 bits per heavy atom. The van der Waals surface area contributed by atoms with Crippen LogP contribution in [0.15, 0.2) is 0 Å². The van der Waals surface area contributed by atoms with Gasteiger partial charge in [-0.1, -0.05) is 6.92 Å². The Hall–Kier alpha value is -0.700. The molecule has 0 radical (unpaired) electrons. The van der Waals surface area contributed by atoms with Gasteiger partial charge < -0.3 is 14.9 Å². The van der Waals surface area contributed by atoms with E-state index >= 15 is 0 Å². The van der Waals surface area contributed by atoms with Crippen LogP contribution in [0.4, 0.5) is 0 Å². The third-order valence-electron chi connectivity index (χ3n) is 6.12. The first kappa shape index (κ1) is 19.1. The number of β-amino-alcohol motifs (C(OH)–C–C–N with tert-alkyl or cyclic N) is 1. The second-order valence-electron chi connectivity index (χ2n) is 7.64. The smallest absolute Gasteiger partial charge is 0.223 e. The van der Waals surface area contributed by atoms with Gasteiger partial charge in [0, 0.05) is 32.1 Å². The summed E-state index contributed by atoms with van der Waals surface area (Å²) in [6.45, 7) is 7.06. The molecule has 7 nitrogen and oxygen atoms in total. The molecule has 8 heteroatoms. The topological polar surface area (TPSA) is 81.2 Å². The maximum atomic E-state index is 12.9. The van der Waals surface area contributed by atoms with Crippen LogP contribution in [0.3, 0.4) is 0 Å². The average Bonchev–Trinajstić information content (AvgIpc) is 2.91. The van der Waals surface area contributed by atoms with Crippen LogP contribution in [0.2, 0.25) is 0 Å². The van der Waals surface area contributed by atoms with Crippen LogP contribution in [-0.4, -0.2) is 104 Å². The molecular formula is C17H31N3O4S. The molecule has 0 saturated carbocycles. The van der Waals surface area contributed by atoms with Crippen LogP contribution in [0.1, 0.15) is 26.2 Å². The molecule has 0 aromatic heterocycles. The zero-order chi connectivity index (χ0) is 18.0. The highest BCUT2D eigenvalue weighted by atomic mass is 32.2. The first-order chi connectivity index (χ1) is 11.9. The second-order valence-corrected chi connectivity index (χ2v) is 9.79. The Labute approximate surface area is 150 Å². The monoisotopic (exact) mass is 373 g/mol. The summed E-state index contributed by atoms with van der Waals surface area (Å²) < 4.78 is 24.3. The second kappa shape index (κ2) is 7.90. The summed E-state index contributed by atoms with van der Waals surface area (Å²) in [5.74, 6) is 0.712. The minimum absolute atomic E-state index is 0.0210. The van der Waals surface area contributed by atoms with Gasteiger partial charge in [0.05, 0.1) is 24.2 Å². The fraction of sp³-hybridized carbons (Fsp3) is 0.941. The van der Waals surface area contributed by atoms with Gasteiger partial charge in [0.1, 0.15) is 0 Å². The molecule has 3 aliphatic rings. The van der Waals surface area contributed by atoms with Crippen LogP contribution < -0.4 is 0 Å². The minimum Gasteiger partial charge on any atom is -0.395 e. The van der Waals surface area contributed by atoms with E-state index in [0.717, 1.165) is 32.5 Å². The predicted molar refractivity (Wildman–Crippen MR) is 96.1 cm³/mol. The standard InChI is InChI=1S/C17H31N3O4S/c1-2-18-5-3-14(4-6-18)11-17(22)20-8-7-19(9-10-21)15-12-25(23,24)13-16(15)20/h14-16,21H,2-13H2,1H3. The van der Waals surface area contributed by atoms with E-state index in [2.05, 4.69) is 11.8 Å². The number of hydrogen-bond acceptors (Lipinski definition) is 6. The fourth-order valence-corrected chi connectivity index (χ4v) is 6.62. The van der Waals surface area contributed by atoms with E-state index < -0.39 is 9.84 Å². The Morgan fingerprint density at radius 3 is 2.40 bits per heavy atom. The van der Waals surface area contributed by atoms with Crippen LogP contribution in [0.25, 0.3) is 0 Å². The highest BCUT2D eigenvalue weighted by Gasteiger charge is 2.47. The molecule has 1 N–H and O–H groups in total. The van der Waals surface area contributed by atoms with E-state index in [1.165, 1.54) is 0 Å². The van der Waals surface area contributed by atoms with Crippen LogP contribution >= 0.6 is 0 Å². The summed E-state index contributed by atoms with van der Waals surface area (Å²) in [4.78, 5) is 19.2. The molecule has 0 aromatic rings. The molecule has 0 aromatic carbocycles. The van der Waals surface area contributed by atoms with Gasteiger partial charge in [0.15, 0.2) is 9.84 Å². The zero-order valence-electron chi connectivity index (χ0n) is 15.1. The van der Waals surface area contributed by atoms with E-state index in [4.69, 9.17) is 0 Å². The highest BCUT2D eigenvalue weighted by molar-refractivity contribution is 7.91. The number of amides is 1. The van der Waals surface area contributed by atoms with Gasteiger partial charge >= 0.3 is 0 Å². The third kappa shape index (κ3) is 4.35. The van der Waals surface area contributed by atoms with Crippen molar-refractivity contribution in [3.8, 4) is 0 Å². The van der Waals surface area contributed by atoms with Crippen molar-refractivity contribution in [2.75, 3.05) is 57.4 Å². The number of rotatable bonds is 5. The molecule has 3 heterocycles. The number of likely N-dealkylation sites (tertiary alicyclic amines) is 1. The summed E-state index contributed by atoms with van der Waals surface area (Å²) in [5, 5.41) is 9.23. The molecule has 3 aliphatic heterocycles. The summed E-state index contributed by atoms with van der Waals surface area (Å²) in [6.07, 6.45) is 2.65. The first-order valence-electron chi connectivity index (χ1n) is 9.50. The van der Waals surface area contributed by atoms with Gasteiger partial charge in [-0.15, -0.1) is 0 Å².